The van der Waals surface area contributed by atoms with E-state index in [9.17, 15) is 4.79 Å². The van der Waals surface area contributed by atoms with E-state index in [1.54, 1.807) is 4.90 Å². The van der Waals surface area contributed by atoms with Gasteiger partial charge in [0.1, 0.15) is 5.84 Å². The van der Waals surface area contributed by atoms with Crippen LogP contribution in [-0.2, 0) is 4.74 Å². The largest absolute Gasteiger partial charge is 0.450 e. The number of rotatable bonds is 1. The topological polar surface area (TPSA) is 57.2 Å². The zero-order valence-corrected chi connectivity index (χ0v) is 15.7. The van der Waals surface area contributed by atoms with Crippen LogP contribution in [0.3, 0.4) is 0 Å². The second-order valence-electron chi connectivity index (χ2n) is 6.80. The number of para-hydroxylation sites is 1. The molecule has 1 fully saturated rings. The number of ether oxygens (including phenoxy) is 1. The Kier molecular flexibility index (Phi) is 4.71. The lowest BCUT2D eigenvalue weighted by molar-refractivity contribution is 0.0921. The second-order valence-corrected chi connectivity index (χ2v) is 6.80. The maximum Gasteiger partial charge on any atom is 0.409 e. The van der Waals surface area contributed by atoms with Crippen molar-refractivity contribution in [1.29, 1.82) is 0 Å². The van der Waals surface area contributed by atoms with Crippen molar-refractivity contribution in [3.63, 3.8) is 0 Å². The molecule has 140 valence electrons. The monoisotopic (exact) mass is 364 g/mol. The summed E-state index contributed by atoms with van der Waals surface area (Å²) in [5.41, 5.74) is 5.25. The highest BCUT2D eigenvalue weighted by Gasteiger charge is 2.27. The van der Waals surface area contributed by atoms with Crippen LogP contribution in [0.25, 0.3) is 0 Å². The first-order chi connectivity index (χ1) is 13.2. The highest BCUT2D eigenvalue weighted by molar-refractivity contribution is 6.07. The molecule has 2 aromatic rings. The summed E-state index contributed by atoms with van der Waals surface area (Å²) in [6.45, 7) is 7.03. The van der Waals surface area contributed by atoms with Gasteiger partial charge in [-0.2, -0.15) is 0 Å². The van der Waals surface area contributed by atoms with Crippen molar-refractivity contribution in [2.45, 2.75) is 13.8 Å². The van der Waals surface area contributed by atoms with E-state index >= 15 is 0 Å². The lowest BCUT2D eigenvalue weighted by Gasteiger charge is -2.36. The van der Waals surface area contributed by atoms with E-state index in [2.05, 4.69) is 47.5 Å². The van der Waals surface area contributed by atoms with Crippen LogP contribution in [0.1, 0.15) is 18.1 Å². The first-order valence-corrected chi connectivity index (χ1v) is 9.38. The average molecular weight is 364 g/mol. The predicted molar refractivity (Wildman–Crippen MR) is 107 cm³/mol. The van der Waals surface area contributed by atoms with Crippen LogP contribution in [0.5, 0.6) is 0 Å². The van der Waals surface area contributed by atoms with E-state index in [0.29, 0.717) is 19.7 Å². The van der Waals surface area contributed by atoms with E-state index in [-0.39, 0.29) is 6.09 Å². The minimum Gasteiger partial charge on any atom is -0.450 e. The SMILES string of the molecule is CCOC(=O)N1CCN(C2=Nc3cc(C)ccc3Nc3ccccc32)CC1. The zero-order chi connectivity index (χ0) is 18.8. The first kappa shape index (κ1) is 17.4. The van der Waals surface area contributed by atoms with Crippen molar-refractivity contribution in [3.8, 4) is 0 Å². The number of fused-ring (bicyclic) bond motifs is 2. The van der Waals surface area contributed by atoms with Crippen molar-refractivity contribution in [1.82, 2.24) is 9.80 Å². The van der Waals surface area contributed by atoms with Crippen LogP contribution in [-0.4, -0.2) is 54.5 Å². The molecule has 1 saturated heterocycles. The Hall–Kier alpha value is -3.02. The normalized spacial score (nSPS) is 15.9. The summed E-state index contributed by atoms with van der Waals surface area (Å²) in [4.78, 5) is 21.0. The smallest absolute Gasteiger partial charge is 0.409 e. The zero-order valence-electron chi connectivity index (χ0n) is 15.7. The second kappa shape index (κ2) is 7.31. The van der Waals surface area contributed by atoms with Crippen molar-refractivity contribution in [2.24, 2.45) is 4.99 Å². The van der Waals surface area contributed by atoms with Gasteiger partial charge < -0.3 is 19.9 Å². The number of piperazine rings is 1. The molecule has 0 bridgehead atoms. The minimum atomic E-state index is -0.233. The van der Waals surface area contributed by atoms with Crippen LogP contribution in [0.15, 0.2) is 47.5 Å². The van der Waals surface area contributed by atoms with E-state index in [1.807, 2.05) is 19.1 Å². The third-order valence-electron chi connectivity index (χ3n) is 4.92. The van der Waals surface area contributed by atoms with Gasteiger partial charge in [0.05, 0.1) is 18.0 Å². The molecular weight excluding hydrogens is 340 g/mol. The van der Waals surface area contributed by atoms with E-state index in [0.717, 1.165) is 41.6 Å². The number of amidine groups is 1. The van der Waals surface area contributed by atoms with Gasteiger partial charge in [-0.3, -0.25) is 0 Å². The molecule has 0 atom stereocenters. The molecule has 6 nitrogen and oxygen atoms in total. The summed E-state index contributed by atoms with van der Waals surface area (Å²) in [5.74, 6) is 0.950. The van der Waals surface area contributed by atoms with Crippen molar-refractivity contribution >= 4 is 29.0 Å². The lowest BCUT2D eigenvalue weighted by Crippen LogP contribution is -2.51. The fourth-order valence-corrected chi connectivity index (χ4v) is 3.50. The molecule has 0 unspecified atom stereocenters. The molecule has 27 heavy (non-hydrogen) atoms. The number of nitrogens with one attached hydrogen (secondary N) is 1. The summed E-state index contributed by atoms with van der Waals surface area (Å²) in [5, 5.41) is 3.52. The van der Waals surface area contributed by atoms with Crippen LogP contribution in [0.4, 0.5) is 21.9 Å². The van der Waals surface area contributed by atoms with Crippen molar-refractivity contribution in [2.75, 3.05) is 38.1 Å². The third-order valence-corrected chi connectivity index (χ3v) is 4.92. The molecule has 2 aromatic carbocycles. The predicted octanol–water partition coefficient (Wildman–Crippen LogP) is 3.90. The van der Waals surface area contributed by atoms with Gasteiger partial charge >= 0.3 is 6.09 Å². The Balaban J connectivity index is 1.65. The molecule has 0 spiro atoms. The van der Waals surface area contributed by atoms with Gasteiger partial charge in [0.2, 0.25) is 0 Å². The quantitative estimate of drug-likeness (QED) is 0.834. The minimum absolute atomic E-state index is 0.233. The van der Waals surface area contributed by atoms with Crippen LogP contribution in [0, 0.1) is 6.92 Å². The van der Waals surface area contributed by atoms with Gasteiger partial charge in [-0.15, -0.1) is 0 Å². The molecule has 0 radical (unpaired) electrons. The first-order valence-electron chi connectivity index (χ1n) is 9.38. The Bertz CT molecular complexity index is 886. The number of carbonyl (C=O) groups excluding carboxylic acids is 1. The molecule has 0 saturated carbocycles. The molecule has 1 N–H and O–H groups in total. The van der Waals surface area contributed by atoms with Gasteiger partial charge in [-0.1, -0.05) is 18.2 Å². The molecule has 2 heterocycles. The standard InChI is InChI=1S/C21H24N4O2/c1-3-27-21(26)25-12-10-24(11-13-25)20-16-6-4-5-7-17(16)22-18-9-8-15(2)14-19(18)23-20/h4-9,14,22H,3,10-13H2,1-2H3. The highest BCUT2D eigenvalue weighted by atomic mass is 16.6. The summed E-state index contributed by atoms with van der Waals surface area (Å²) < 4.78 is 5.13. The van der Waals surface area contributed by atoms with Gasteiger partial charge in [0, 0.05) is 37.4 Å². The van der Waals surface area contributed by atoms with E-state index in [4.69, 9.17) is 9.73 Å². The summed E-state index contributed by atoms with van der Waals surface area (Å²) >= 11 is 0. The Morgan fingerprint density at radius 1 is 1.11 bits per heavy atom. The van der Waals surface area contributed by atoms with Crippen molar-refractivity contribution < 1.29 is 9.53 Å². The van der Waals surface area contributed by atoms with Crippen LogP contribution < -0.4 is 5.32 Å². The third kappa shape index (κ3) is 3.47. The maximum absolute atomic E-state index is 12.0. The molecule has 0 aromatic heterocycles. The summed E-state index contributed by atoms with van der Waals surface area (Å²) in [7, 11) is 0. The highest BCUT2D eigenvalue weighted by Crippen LogP contribution is 2.35. The number of anilines is 2. The molecular formula is C21H24N4O2. The molecule has 4 rings (SSSR count). The number of hydrogen-bond donors (Lipinski definition) is 1. The van der Waals surface area contributed by atoms with Gasteiger partial charge in [-0.25, -0.2) is 9.79 Å². The molecule has 2 aliphatic rings. The van der Waals surface area contributed by atoms with Crippen LogP contribution >= 0.6 is 0 Å². The fourth-order valence-electron chi connectivity index (χ4n) is 3.50. The van der Waals surface area contributed by atoms with E-state index in [1.165, 1.54) is 5.56 Å². The molecule has 0 aliphatic carbocycles. The maximum atomic E-state index is 12.0. The Labute approximate surface area is 159 Å². The molecule has 1 amide bonds. The van der Waals surface area contributed by atoms with Gasteiger partial charge in [0.25, 0.3) is 0 Å². The number of amides is 1. The van der Waals surface area contributed by atoms with Gasteiger partial charge in [0.15, 0.2) is 0 Å². The Morgan fingerprint density at radius 2 is 1.89 bits per heavy atom. The molecule has 6 heteroatoms. The molecule has 2 aliphatic heterocycles. The lowest BCUT2D eigenvalue weighted by atomic mass is 10.1. The number of hydrogen-bond acceptors (Lipinski definition) is 5. The fraction of sp³-hybridized carbons (Fsp3) is 0.333. The summed E-state index contributed by atoms with van der Waals surface area (Å²) in [6.07, 6.45) is -0.233. The van der Waals surface area contributed by atoms with E-state index < -0.39 is 0 Å². The number of nitrogens with zero attached hydrogens (tertiary/aromatic N) is 3. The van der Waals surface area contributed by atoms with Crippen LogP contribution in [0.2, 0.25) is 0 Å². The number of carbonyl (C=O) groups is 1. The average Bonchev–Trinajstić information content (AvgIpc) is 2.85. The number of benzene rings is 2. The Morgan fingerprint density at radius 3 is 2.67 bits per heavy atom. The number of aryl methyl sites for hydroxylation is 1. The summed E-state index contributed by atoms with van der Waals surface area (Å²) in [6, 6.07) is 14.5. The van der Waals surface area contributed by atoms with Crippen molar-refractivity contribution in [3.05, 3.63) is 53.6 Å². The van der Waals surface area contributed by atoms with Gasteiger partial charge in [-0.05, 0) is 43.7 Å². The number of aliphatic imine (C=N–C) groups is 1.